The summed E-state index contributed by atoms with van der Waals surface area (Å²) in [6.45, 7) is 3.93. The first kappa shape index (κ1) is 14.6. The summed E-state index contributed by atoms with van der Waals surface area (Å²) >= 11 is 0. The second-order valence-corrected chi connectivity index (χ2v) is 5.01. The molecule has 108 valence electrons. The lowest BCUT2D eigenvalue weighted by atomic mass is 10.0. The molecule has 4 nitrogen and oxygen atoms in total. The van der Waals surface area contributed by atoms with Gasteiger partial charge in [0.05, 0.1) is 6.10 Å². The zero-order valence-electron chi connectivity index (χ0n) is 11.4. The van der Waals surface area contributed by atoms with Gasteiger partial charge in [-0.2, -0.15) is 5.10 Å². The van der Waals surface area contributed by atoms with Gasteiger partial charge in [-0.25, -0.2) is 18.4 Å². The molecule has 0 fully saturated rings. The molecule has 20 heavy (non-hydrogen) atoms. The van der Waals surface area contributed by atoms with E-state index in [0.29, 0.717) is 5.82 Å². The maximum atomic E-state index is 13.5. The maximum Gasteiger partial charge on any atom is 0.138 e. The molecular formula is C14H17F2N3O. The van der Waals surface area contributed by atoms with Crippen molar-refractivity contribution in [2.45, 2.75) is 38.8 Å². The summed E-state index contributed by atoms with van der Waals surface area (Å²) < 4.78 is 28.0. The van der Waals surface area contributed by atoms with Gasteiger partial charge in [-0.05, 0) is 25.5 Å². The van der Waals surface area contributed by atoms with Crippen LogP contribution in [0.5, 0.6) is 0 Å². The third-order valence-corrected chi connectivity index (χ3v) is 3.03. The van der Waals surface area contributed by atoms with Crippen molar-refractivity contribution in [2.75, 3.05) is 0 Å². The first-order chi connectivity index (χ1) is 9.47. The van der Waals surface area contributed by atoms with Crippen LogP contribution < -0.4 is 0 Å². The van der Waals surface area contributed by atoms with Gasteiger partial charge in [0.2, 0.25) is 0 Å². The zero-order valence-corrected chi connectivity index (χ0v) is 11.4. The predicted octanol–water partition coefficient (Wildman–Crippen LogP) is 2.28. The highest BCUT2D eigenvalue weighted by molar-refractivity contribution is 5.19. The van der Waals surface area contributed by atoms with Crippen LogP contribution in [-0.4, -0.2) is 26.0 Å². The van der Waals surface area contributed by atoms with E-state index in [1.807, 2.05) is 13.8 Å². The lowest BCUT2D eigenvalue weighted by Crippen LogP contribution is -2.19. The van der Waals surface area contributed by atoms with Gasteiger partial charge in [0, 0.05) is 24.9 Å². The number of hydrogen-bond acceptors (Lipinski definition) is 3. The van der Waals surface area contributed by atoms with E-state index in [4.69, 9.17) is 0 Å². The highest BCUT2D eigenvalue weighted by atomic mass is 19.1. The van der Waals surface area contributed by atoms with Crippen LogP contribution in [-0.2, 0) is 12.8 Å². The van der Waals surface area contributed by atoms with Crippen molar-refractivity contribution in [3.63, 3.8) is 0 Å². The fourth-order valence-electron chi connectivity index (χ4n) is 2.08. The third-order valence-electron chi connectivity index (χ3n) is 3.03. The van der Waals surface area contributed by atoms with E-state index in [0.717, 1.165) is 6.07 Å². The highest BCUT2D eigenvalue weighted by Crippen LogP contribution is 2.14. The van der Waals surface area contributed by atoms with Gasteiger partial charge in [-0.15, -0.1) is 0 Å². The van der Waals surface area contributed by atoms with Crippen LogP contribution in [0.4, 0.5) is 8.78 Å². The molecule has 0 aliphatic heterocycles. The van der Waals surface area contributed by atoms with Gasteiger partial charge in [-0.1, -0.05) is 6.07 Å². The summed E-state index contributed by atoms with van der Waals surface area (Å²) in [5.74, 6) is -0.621. The molecule has 1 atom stereocenters. The Kier molecular flexibility index (Phi) is 4.44. The van der Waals surface area contributed by atoms with Gasteiger partial charge in [-0.3, -0.25) is 0 Å². The molecule has 1 N–H and O–H groups in total. The van der Waals surface area contributed by atoms with Crippen LogP contribution in [0, 0.1) is 11.6 Å². The van der Waals surface area contributed by atoms with Crippen molar-refractivity contribution in [1.82, 2.24) is 14.8 Å². The molecule has 1 unspecified atom stereocenters. The van der Waals surface area contributed by atoms with Crippen molar-refractivity contribution < 1.29 is 13.9 Å². The molecule has 0 saturated heterocycles. The van der Waals surface area contributed by atoms with E-state index in [9.17, 15) is 13.9 Å². The minimum absolute atomic E-state index is 0.108. The van der Waals surface area contributed by atoms with E-state index in [1.165, 1.54) is 18.5 Å². The van der Waals surface area contributed by atoms with Crippen LogP contribution in [0.15, 0.2) is 24.5 Å². The zero-order chi connectivity index (χ0) is 14.7. The minimum atomic E-state index is -0.795. The molecule has 0 radical (unpaired) electrons. The molecule has 0 bridgehead atoms. The van der Waals surface area contributed by atoms with E-state index in [2.05, 4.69) is 10.1 Å². The van der Waals surface area contributed by atoms with Gasteiger partial charge < -0.3 is 5.11 Å². The topological polar surface area (TPSA) is 50.9 Å². The monoisotopic (exact) mass is 281 g/mol. The largest absolute Gasteiger partial charge is 0.392 e. The van der Waals surface area contributed by atoms with Gasteiger partial charge in [0.15, 0.2) is 0 Å². The van der Waals surface area contributed by atoms with Crippen LogP contribution in [0.25, 0.3) is 0 Å². The second-order valence-electron chi connectivity index (χ2n) is 5.01. The number of halogens is 2. The average Bonchev–Trinajstić information content (AvgIpc) is 2.81. The highest BCUT2D eigenvalue weighted by Gasteiger charge is 2.15. The molecular weight excluding hydrogens is 264 g/mol. The van der Waals surface area contributed by atoms with Crippen LogP contribution in [0.3, 0.4) is 0 Å². The number of aromatic nitrogens is 3. The fraction of sp³-hybridized carbons (Fsp3) is 0.429. The van der Waals surface area contributed by atoms with Crippen LogP contribution in [0.1, 0.15) is 31.3 Å². The Morgan fingerprint density at radius 2 is 2.00 bits per heavy atom. The Morgan fingerprint density at radius 1 is 1.25 bits per heavy atom. The minimum Gasteiger partial charge on any atom is -0.392 e. The molecule has 1 heterocycles. The average molecular weight is 281 g/mol. The number of benzene rings is 1. The molecule has 2 aromatic rings. The summed E-state index contributed by atoms with van der Waals surface area (Å²) in [5, 5.41) is 14.1. The molecule has 0 spiro atoms. The third kappa shape index (κ3) is 3.39. The smallest absolute Gasteiger partial charge is 0.138 e. The van der Waals surface area contributed by atoms with Crippen molar-refractivity contribution >= 4 is 0 Å². The SMILES string of the molecule is CC(C)n1ncnc1CC(O)Cc1ccc(F)cc1F. The molecule has 0 aliphatic carbocycles. The first-order valence-corrected chi connectivity index (χ1v) is 6.47. The summed E-state index contributed by atoms with van der Waals surface area (Å²) in [6, 6.07) is 3.49. The molecule has 1 aromatic heterocycles. The lowest BCUT2D eigenvalue weighted by molar-refractivity contribution is 0.169. The Labute approximate surface area is 116 Å². The van der Waals surface area contributed by atoms with E-state index < -0.39 is 17.7 Å². The van der Waals surface area contributed by atoms with Crippen molar-refractivity contribution in [3.8, 4) is 0 Å². The molecule has 0 aliphatic rings. The quantitative estimate of drug-likeness (QED) is 0.914. The number of rotatable bonds is 5. The van der Waals surface area contributed by atoms with Gasteiger partial charge in [0.25, 0.3) is 0 Å². The number of nitrogens with zero attached hydrogens (tertiary/aromatic N) is 3. The molecule has 2 rings (SSSR count). The van der Waals surface area contributed by atoms with Crippen molar-refractivity contribution in [3.05, 3.63) is 47.5 Å². The summed E-state index contributed by atoms with van der Waals surface area (Å²) in [4.78, 5) is 4.09. The molecule has 6 heteroatoms. The van der Waals surface area contributed by atoms with Crippen molar-refractivity contribution in [1.29, 1.82) is 0 Å². The molecule has 0 amide bonds. The van der Waals surface area contributed by atoms with E-state index in [1.54, 1.807) is 4.68 Å². The summed E-state index contributed by atoms with van der Waals surface area (Å²) in [6.07, 6.45) is 1.02. The Balaban J connectivity index is 2.05. The van der Waals surface area contributed by atoms with Gasteiger partial charge in [0.1, 0.15) is 23.8 Å². The first-order valence-electron chi connectivity index (χ1n) is 6.47. The molecule has 1 aromatic carbocycles. The lowest BCUT2D eigenvalue weighted by Gasteiger charge is -2.13. The van der Waals surface area contributed by atoms with E-state index in [-0.39, 0.29) is 24.4 Å². The normalized spacial score (nSPS) is 12.9. The van der Waals surface area contributed by atoms with Gasteiger partial charge >= 0.3 is 0 Å². The Hall–Kier alpha value is -1.82. The second kappa shape index (κ2) is 6.09. The molecule has 0 saturated carbocycles. The van der Waals surface area contributed by atoms with Crippen LogP contribution in [0.2, 0.25) is 0 Å². The number of hydrogen-bond donors (Lipinski definition) is 1. The Bertz CT molecular complexity index is 584. The fourth-order valence-corrected chi connectivity index (χ4v) is 2.08. The maximum absolute atomic E-state index is 13.5. The summed E-state index contributed by atoms with van der Waals surface area (Å²) in [7, 11) is 0. The van der Waals surface area contributed by atoms with Crippen molar-refractivity contribution in [2.24, 2.45) is 0 Å². The standard InChI is InChI=1S/C14H17F2N3O/c1-9(2)19-14(17-8-18-19)7-12(20)5-10-3-4-11(15)6-13(10)16/h3-4,6,8-9,12,20H,5,7H2,1-2H3. The predicted molar refractivity (Wildman–Crippen MR) is 70.2 cm³/mol. The number of aliphatic hydroxyl groups excluding tert-OH is 1. The van der Waals surface area contributed by atoms with Crippen LogP contribution >= 0.6 is 0 Å². The Morgan fingerprint density at radius 3 is 2.65 bits per heavy atom. The summed E-state index contributed by atoms with van der Waals surface area (Å²) in [5.41, 5.74) is 0.287. The number of aliphatic hydroxyl groups is 1. The van der Waals surface area contributed by atoms with E-state index >= 15 is 0 Å².